The molecule has 1 aromatic carbocycles. The van der Waals surface area contributed by atoms with Crippen LogP contribution >= 0.6 is 0 Å². The summed E-state index contributed by atoms with van der Waals surface area (Å²) in [6, 6.07) is 6.58. The summed E-state index contributed by atoms with van der Waals surface area (Å²) < 4.78 is 0. The first-order valence-electron chi connectivity index (χ1n) is 5.84. The molecule has 0 aromatic heterocycles. The molecular formula is C13H19N3O2. The van der Waals surface area contributed by atoms with Crippen molar-refractivity contribution in [3.05, 3.63) is 35.4 Å². The van der Waals surface area contributed by atoms with Crippen LogP contribution in [-0.4, -0.2) is 17.9 Å². The lowest BCUT2D eigenvalue weighted by atomic mass is 10.0. The van der Waals surface area contributed by atoms with Crippen molar-refractivity contribution in [3.63, 3.8) is 0 Å². The van der Waals surface area contributed by atoms with Crippen LogP contribution in [0.3, 0.4) is 0 Å². The Balaban J connectivity index is 2.86. The van der Waals surface area contributed by atoms with Crippen LogP contribution < -0.4 is 16.6 Å². The second-order valence-corrected chi connectivity index (χ2v) is 4.52. The standard InChI is InChI=1S/C13H19N3O2/c1-8(2)11(13(18)16-14)15-12(17)10-7-5-4-6-9(10)3/h4-8,11H,14H2,1-3H3,(H,15,17)(H,16,18). The predicted molar refractivity (Wildman–Crippen MR) is 69.6 cm³/mol. The van der Waals surface area contributed by atoms with Crippen LogP contribution in [0.2, 0.25) is 0 Å². The van der Waals surface area contributed by atoms with Crippen molar-refractivity contribution in [2.45, 2.75) is 26.8 Å². The number of nitrogens with one attached hydrogen (secondary N) is 2. The normalized spacial score (nSPS) is 12.1. The molecule has 1 atom stereocenters. The molecule has 5 heteroatoms. The van der Waals surface area contributed by atoms with Crippen LogP contribution in [-0.2, 0) is 4.79 Å². The van der Waals surface area contributed by atoms with Gasteiger partial charge in [0.15, 0.2) is 0 Å². The average molecular weight is 249 g/mol. The SMILES string of the molecule is Cc1ccccc1C(=O)NC(C(=O)NN)C(C)C. The van der Waals surface area contributed by atoms with E-state index in [1.165, 1.54) is 0 Å². The molecule has 0 spiro atoms. The highest BCUT2D eigenvalue weighted by atomic mass is 16.2. The van der Waals surface area contributed by atoms with E-state index in [1.54, 1.807) is 12.1 Å². The van der Waals surface area contributed by atoms with Crippen molar-refractivity contribution in [1.29, 1.82) is 0 Å². The number of nitrogens with two attached hydrogens (primary N) is 1. The highest BCUT2D eigenvalue weighted by molar-refractivity contribution is 5.98. The van der Waals surface area contributed by atoms with Gasteiger partial charge in [-0.15, -0.1) is 0 Å². The number of aryl methyl sites for hydroxylation is 1. The minimum Gasteiger partial charge on any atom is -0.340 e. The maximum absolute atomic E-state index is 12.1. The zero-order chi connectivity index (χ0) is 13.7. The summed E-state index contributed by atoms with van der Waals surface area (Å²) in [6.07, 6.45) is 0. The van der Waals surface area contributed by atoms with Crippen LogP contribution in [0, 0.1) is 12.8 Å². The number of carbonyl (C=O) groups excluding carboxylic acids is 2. The van der Waals surface area contributed by atoms with E-state index in [1.807, 2.05) is 32.9 Å². The lowest BCUT2D eigenvalue weighted by molar-refractivity contribution is -0.124. The summed E-state index contributed by atoms with van der Waals surface area (Å²) in [7, 11) is 0. The number of rotatable bonds is 4. The quantitative estimate of drug-likeness (QED) is 0.418. The van der Waals surface area contributed by atoms with Crippen LogP contribution in [0.25, 0.3) is 0 Å². The van der Waals surface area contributed by atoms with E-state index < -0.39 is 11.9 Å². The van der Waals surface area contributed by atoms with Crippen molar-refractivity contribution in [1.82, 2.24) is 10.7 Å². The number of hydrogen-bond acceptors (Lipinski definition) is 3. The van der Waals surface area contributed by atoms with E-state index in [4.69, 9.17) is 5.84 Å². The van der Waals surface area contributed by atoms with Crippen molar-refractivity contribution in [2.75, 3.05) is 0 Å². The first-order valence-corrected chi connectivity index (χ1v) is 5.84. The first-order chi connectivity index (χ1) is 8.47. The van der Waals surface area contributed by atoms with Gasteiger partial charge in [-0.05, 0) is 24.5 Å². The number of hydrogen-bond donors (Lipinski definition) is 3. The van der Waals surface area contributed by atoms with Gasteiger partial charge in [0, 0.05) is 5.56 Å². The third kappa shape index (κ3) is 3.30. The molecule has 1 rings (SSSR count). The fourth-order valence-corrected chi connectivity index (χ4v) is 1.67. The Hall–Kier alpha value is -1.88. The Morgan fingerprint density at radius 2 is 1.83 bits per heavy atom. The predicted octanol–water partition coefficient (Wildman–Crippen LogP) is 0.739. The fourth-order valence-electron chi connectivity index (χ4n) is 1.67. The largest absolute Gasteiger partial charge is 0.340 e. The zero-order valence-corrected chi connectivity index (χ0v) is 10.9. The van der Waals surface area contributed by atoms with Gasteiger partial charge in [0.05, 0.1) is 0 Å². The fraction of sp³-hybridized carbons (Fsp3) is 0.385. The van der Waals surface area contributed by atoms with Crippen LogP contribution in [0.15, 0.2) is 24.3 Å². The maximum atomic E-state index is 12.1. The molecule has 0 fully saturated rings. The summed E-state index contributed by atoms with van der Waals surface area (Å²) in [5.41, 5.74) is 3.49. The molecule has 18 heavy (non-hydrogen) atoms. The van der Waals surface area contributed by atoms with E-state index in [2.05, 4.69) is 10.7 Å². The molecule has 2 amide bonds. The highest BCUT2D eigenvalue weighted by Gasteiger charge is 2.24. The van der Waals surface area contributed by atoms with Gasteiger partial charge in [-0.2, -0.15) is 0 Å². The maximum Gasteiger partial charge on any atom is 0.256 e. The summed E-state index contributed by atoms with van der Waals surface area (Å²) in [5, 5.41) is 2.69. The second-order valence-electron chi connectivity index (χ2n) is 4.52. The van der Waals surface area contributed by atoms with E-state index in [0.29, 0.717) is 5.56 Å². The van der Waals surface area contributed by atoms with Crippen molar-refractivity contribution in [2.24, 2.45) is 11.8 Å². The summed E-state index contributed by atoms with van der Waals surface area (Å²) in [6.45, 7) is 5.54. The first kappa shape index (κ1) is 14.2. The van der Waals surface area contributed by atoms with Crippen LogP contribution in [0.1, 0.15) is 29.8 Å². The Morgan fingerprint density at radius 3 is 2.33 bits per heavy atom. The lowest BCUT2D eigenvalue weighted by Crippen LogP contribution is -2.51. The molecule has 1 aromatic rings. The molecule has 4 N–H and O–H groups in total. The van der Waals surface area contributed by atoms with Gasteiger partial charge in [-0.1, -0.05) is 32.0 Å². The average Bonchev–Trinajstić information content (AvgIpc) is 2.35. The molecular weight excluding hydrogens is 230 g/mol. The summed E-state index contributed by atoms with van der Waals surface area (Å²) >= 11 is 0. The van der Waals surface area contributed by atoms with Gasteiger partial charge in [0.1, 0.15) is 6.04 Å². The number of hydrazine groups is 1. The second kappa shape index (κ2) is 6.16. The van der Waals surface area contributed by atoms with Gasteiger partial charge in [-0.3, -0.25) is 15.0 Å². The molecule has 0 saturated carbocycles. The molecule has 0 aliphatic heterocycles. The highest BCUT2D eigenvalue weighted by Crippen LogP contribution is 2.09. The summed E-state index contributed by atoms with van der Waals surface area (Å²) in [5.74, 6) is 4.40. The van der Waals surface area contributed by atoms with Gasteiger partial charge in [-0.25, -0.2) is 5.84 Å². The van der Waals surface area contributed by atoms with Crippen LogP contribution in [0.5, 0.6) is 0 Å². The zero-order valence-electron chi connectivity index (χ0n) is 10.9. The molecule has 5 nitrogen and oxygen atoms in total. The summed E-state index contributed by atoms with van der Waals surface area (Å²) in [4.78, 5) is 23.6. The van der Waals surface area contributed by atoms with Crippen molar-refractivity contribution < 1.29 is 9.59 Å². The number of amides is 2. The van der Waals surface area contributed by atoms with E-state index >= 15 is 0 Å². The number of benzene rings is 1. The molecule has 0 bridgehead atoms. The van der Waals surface area contributed by atoms with Crippen molar-refractivity contribution >= 4 is 11.8 Å². The monoisotopic (exact) mass is 249 g/mol. The smallest absolute Gasteiger partial charge is 0.256 e. The Morgan fingerprint density at radius 1 is 1.22 bits per heavy atom. The van der Waals surface area contributed by atoms with E-state index in [-0.39, 0.29) is 11.8 Å². The molecule has 0 radical (unpaired) electrons. The molecule has 0 aliphatic carbocycles. The van der Waals surface area contributed by atoms with Gasteiger partial charge in [0.25, 0.3) is 11.8 Å². The number of carbonyl (C=O) groups is 2. The topological polar surface area (TPSA) is 84.2 Å². The van der Waals surface area contributed by atoms with E-state index in [0.717, 1.165) is 5.56 Å². The lowest BCUT2D eigenvalue weighted by Gasteiger charge is -2.20. The Bertz CT molecular complexity index is 444. The molecule has 98 valence electrons. The molecule has 0 aliphatic rings. The van der Waals surface area contributed by atoms with E-state index in [9.17, 15) is 9.59 Å². The minimum atomic E-state index is -0.637. The molecule has 0 heterocycles. The third-order valence-corrected chi connectivity index (χ3v) is 2.77. The van der Waals surface area contributed by atoms with Crippen LogP contribution in [0.4, 0.5) is 0 Å². The van der Waals surface area contributed by atoms with Crippen molar-refractivity contribution in [3.8, 4) is 0 Å². The Kier molecular flexibility index (Phi) is 4.85. The minimum absolute atomic E-state index is 0.0403. The third-order valence-electron chi connectivity index (χ3n) is 2.77. The molecule has 0 saturated heterocycles. The van der Waals surface area contributed by atoms with Gasteiger partial charge >= 0.3 is 0 Å². The van der Waals surface area contributed by atoms with Gasteiger partial charge in [0.2, 0.25) is 0 Å². The van der Waals surface area contributed by atoms with Gasteiger partial charge < -0.3 is 5.32 Å². The Labute approximate surface area is 107 Å². The molecule has 1 unspecified atom stereocenters.